The molecule has 2 aliphatic rings. The molecule has 3 aromatic rings. The zero-order chi connectivity index (χ0) is 32.8. The lowest BCUT2D eigenvalue weighted by atomic mass is 9.86. The third-order valence-electron chi connectivity index (χ3n) is 9.70. The Hall–Kier alpha value is -3.70. The maximum absolute atomic E-state index is 14.2. The molecule has 0 aliphatic carbocycles. The smallest absolute Gasteiger partial charge is 0.240 e. The molecule has 4 atom stereocenters. The number of benzene rings is 3. The third-order valence-corrected chi connectivity index (χ3v) is 13.9. The first-order valence-corrected chi connectivity index (χ1v) is 19.2. The molecule has 2 amide bonds. The van der Waals surface area contributed by atoms with Gasteiger partial charge in [-0.05, 0) is 35.9 Å². The van der Waals surface area contributed by atoms with Gasteiger partial charge in [0.05, 0.1) is 34.4 Å². The van der Waals surface area contributed by atoms with Crippen molar-refractivity contribution < 1.29 is 28.9 Å². The molecule has 10 heteroatoms. The molecule has 246 valence electrons. The number of nitrogens with one attached hydrogen (secondary N) is 1. The van der Waals surface area contributed by atoms with E-state index in [1.54, 1.807) is 19.1 Å². The van der Waals surface area contributed by atoms with Crippen molar-refractivity contribution in [2.75, 3.05) is 51.9 Å². The molecule has 0 saturated carbocycles. The highest BCUT2D eigenvalue weighted by molar-refractivity contribution is 6.91. The lowest BCUT2D eigenvalue weighted by Gasteiger charge is -2.46. The van der Waals surface area contributed by atoms with Crippen molar-refractivity contribution in [3.63, 3.8) is 0 Å². The van der Waals surface area contributed by atoms with E-state index in [1.807, 2.05) is 65.6 Å². The predicted molar refractivity (Wildman–Crippen MR) is 182 cm³/mol. The van der Waals surface area contributed by atoms with E-state index < -0.39 is 8.07 Å². The van der Waals surface area contributed by atoms with Crippen LogP contribution in [0.5, 0.6) is 11.5 Å². The van der Waals surface area contributed by atoms with Crippen LogP contribution in [0.15, 0.2) is 72.8 Å². The van der Waals surface area contributed by atoms with Crippen molar-refractivity contribution in [2.45, 2.75) is 50.7 Å². The highest BCUT2D eigenvalue weighted by Gasteiger charge is 2.48. The number of hydrogen-bond donors (Lipinski definition) is 2. The van der Waals surface area contributed by atoms with Crippen LogP contribution in [-0.4, -0.2) is 83.0 Å². The molecule has 3 aromatic carbocycles. The molecule has 0 radical (unpaired) electrons. The van der Waals surface area contributed by atoms with E-state index in [0.29, 0.717) is 19.6 Å². The summed E-state index contributed by atoms with van der Waals surface area (Å²) in [6, 6.07) is 24.0. The second-order valence-electron chi connectivity index (χ2n) is 12.8. The van der Waals surface area contributed by atoms with E-state index in [2.05, 4.69) is 37.5 Å². The first-order chi connectivity index (χ1) is 22.2. The minimum Gasteiger partial charge on any atom is -0.497 e. The van der Waals surface area contributed by atoms with Crippen molar-refractivity contribution in [1.82, 2.24) is 10.2 Å². The van der Waals surface area contributed by atoms with Crippen molar-refractivity contribution >= 4 is 30.8 Å². The molecule has 0 bridgehead atoms. The molecule has 1 unspecified atom stereocenters. The summed E-state index contributed by atoms with van der Waals surface area (Å²) in [4.78, 5) is 30.4. The fourth-order valence-electron chi connectivity index (χ4n) is 6.96. The zero-order valence-corrected chi connectivity index (χ0v) is 28.6. The number of aliphatic hydroxyl groups is 1. The number of ether oxygens (including phenoxy) is 3. The Morgan fingerprint density at radius 3 is 2.50 bits per heavy atom. The number of fused-ring (bicyclic) bond motifs is 1. The lowest BCUT2D eigenvalue weighted by Crippen LogP contribution is -2.55. The van der Waals surface area contributed by atoms with Gasteiger partial charge in [0, 0.05) is 62.4 Å². The van der Waals surface area contributed by atoms with Crippen LogP contribution in [0.2, 0.25) is 18.6 Å². The minimum atomic E-state index is -2.41. The summed E-state index contributed by atoms with van der Waals surface area (Å²) in [7, 11) is 0.957. The maximum atomic E-state index is 14.2. The molecule has 5 rings (SSSR count). The van der Waals surface area contributed by atoms with Gasteiger partial charge in [-0.3, -0.25) is 9.59 Å². The molecule has 1 saturated heterocycles. The maximum Gasteiger partial charge on any atom is 0.240 e. The van der Waals surface area contributed by atoms with E-state index in [0.717, 1.165) is 34.9 Å². The first-order valence-electron chi connectivity index (χ1n) is 16.1. The van der Waals surface area contributed by atoms with Crippen molar-refractivity contribution in [1.29, 1.82) is 0 Å². The van der Waals surface area contributed by atoms with E-state index >= 15 is 0 Å². The molecule has 2 N–H and O–H groups in total. The quantitative estimate of drug-likeness (QED) is 0.286. The van der Waals surface area contributed by atoms with Crippen LogP contribution in [-0.2, 0) is 20.9 Å². The number of methoxy groups -OCH3 is 2. The number of piperazine rings is 1. The van der Waals surface area contributed by atoms with Gasteiger partial charge >= 0.3 is 0 Å². The summed E-state index contributed by atoms with van der Waals surface area (Å²) in [5.41, 5.74) is 2.64. The highest BCUT2D eigenvalue weighted by atomic mass is 28.3. The van der Waals surface area contributed by atoms with Gasteiger partial charge in [-0.2, -0.15) is 0 Å². The molecule has 46 heavy (non-hydrogen) atoms. The van der Waals surface area contributed by atoms with Crippen LogP contribution in [0.1, 0.15) is 30.6 Å². The Morgan fingerprint density at radius 1 is 1.11 bits per heavy atom. The van der Waals surface area contributed by atoms with Crippen LogP contribution in [0.3, 0.4) is 0 Å². The number of carbonyl (C=O) groups is 2. The van der Waals surface area contributed by atoms with E-state index in [1.165, 1.54) is 5.19 Å². The number of amides is 2. The molecular formula is C36H47N3O6Si. The van der Waals surface area contributed by atoms with Crippen LogP contribution < -0.4 is 24.9 Å². The monoisotopic (exact) mass is 645 g/mol. The van der Waals surface area contributed by atoms with Crippen LogP contribution in [0, 0.1) is 5.92 Å². The fourth-order valence-corrected chi connectivity index (χ4v) is 10.3. The second-order valence-corrected chi connectivity index (χ2v) is 17.6. The highest BCUT2D eigenvalue weighted by Crippen LogP contribution is 2.48. The summed E-state index contributed by atoms with van der Waals surface area (Å²) in [6.07, 6.45) is -0.334. The van der Waals surface area contributed by atoms with Crippen LogP contribution in [0.25, 0.3) is 0 Å². The van der Waals surface area contributed by atoms with Gasteiger partial charge in [-0.25, -0.2) is 0 Å². The molecule has 9 nitrogen and oxygen atoms in total. The zero-order valence-electron chi connectivity index (χ0n) is 27.6. The standard InChI is InChI=1S/C36H47N3O6Si/c1-25-35(44-3)30-21-27(39-18-17-37-23-34(39)42)11-16-31(30)45-36(25)32(46(4,5)29-14-12-28(43-2)13-15-29)22-33(41)38(19-20-40)24-26-9-7-6-8-10-26/h6-16,21,25,32,35-37,40H,17-20,22-24H2,1-5H3/t25-,32?,35-,36-/m1/s1. The normalized spacial score (nSPS) is 20.4. The van der Waals surface area contributed by atoms with Gasteiger partial charge in [0.1, 0.15) is 17.6 Å². The largest absolute Gasteiger partial charge is 0.497 e. The van der Waals surface area contributed by atoms with Gasteiger partial charge in [-0.1, -0.05) is 67.7 Å². The number of anilines is 1. The van der Waals surface area contributed by atoms with E-state index in [-0.39, 0.29) is 55.1 Å². The molecule has 2 heterocycles. The molecule has 0 aromatic heterocycles. The molecule has 2 aliphatic heterocycles. The average Bonchev–Trinajstić information content (AvgIpc) is 3.07. The second kappa shape index (κ2) is 14.8. The molecule has 1 fully saturated rings. The predicted octanol–water partition coefficient (Wildman–Crippen LogP) is 4.11. The summed E-state index contributed by atoms with van der Waals surface area (Å²) >= 11 is 0. The Bertz CT molecular complexity index is 1480. The topological polar surface area (TPSA) is 101 Å². The lowest BCUT2D eigenvalue weighted by molar-refractivity contribution is -0.133. The fraction of sp³-hybridized carbons (Fsp3) is 0.444. The Balaban J connectivity index is 1.51. The summed E-state index contributed by atoms with van der Waals surface area (Å²) in [5.74, 6) is 1.44. The van der Waals surface area contributed by atoms with Gasteiger partial charge in [0.15, 0.2) is 0 Å². The SMILES string of the molecule is COc1ccc([Si](C)(C)C(CC(=O)N(CCO)Cc2ccccc2)[C@@H]2Oc3ccc(N4CCNCC4=O)cc3[C@H](OC)[C@H]2C)cc1. The number of hydrogen-bond acceptors (Lipinski definition) is 7. The first kappa shape index (κ1) is 33.7. The van der Waals surface area contributed by atoms with Crippen molar-refractivity contribution in [3.8, 4) is 11.5 Å². The van der Waals surface area contributed by atoms with Crippen LogP contribution >= 0.6 is 0 Å². The number of carbonyl (C=O) groups excluding carboxylic acids is 2. The van der Waals surface area contributed by atoms with E-state index in [4.69, 9.17) is 14.2 Å². The van der Waals surface area contributed by atoms with Gasteiger partial charge in [0.25, 0.3) is 0 Å². The van der Waals surface area contributed by atoms with E-state index in [9.17, 15) is 14.7 Å². The Morgan fingerprint density at radius 2 is 1.85 bits per heavy atom. The number of aliphatic hydroxyl groups excluding tert-OH is 1. The summed E-state index contributed by atoms with van der Waals surface area (Å²) < 4.78 is 18.5. The molecular weight excluding hydrogens is 598 g/mol. The average molecular weight is 646 g/mol. The minimum absolute atomic E-state index is 0.0138. The third kappa shape index (κ3) is 7.15. The Kier molecular flexibility index (Phi) is 10.8. The number of nitrogens with zero attached hydrogens (tertiary/aromatic N) is 2. The summed E-state index contributed by atoms with van der Waals surface area (Å²) in [6.45, 7) is 8.96. The van der Waals surface area contributed by atoms with Gasteiger partial charge in [0.2, 0.25) is 11.8 Å². The van der Waals surface area contributed by atoms with Crippen molar-refractivity contribution in [3.05, 3.63) is 83.9 Å². The summed E-state index contributed by atoms with van der Waals surface area (Å²) in [5, 5.41) is 14.3. The van der Waals surface area contributed by atoms with Gasteiger partial charge < -0.3 is 34.4 Å². The molecule has 0 spiro atoms. The Labute approximate surface area is 273 Å². The van der Waals surface area contributed by atoms with Crippen LogP contribution in [0.4, 0.5) is 5.69 Å². The number of rotatable bonds is 12. The van der Waals surface area contributed by atoms with Gasteiger partial charge in [-0.15, -0.1) is 0 Å². The van der Waals surface area contributed by atoms with Crippen molar-refractivity contribution in [2.24, 2.45) is 5.92 Å².